The van der Waals surface area contributed by atoms with E-state index in [-0.39, 0.29) is 10.8 Å². The lowest BCUT2D eigenvalue weighted by Gasteiger charge is -2.32. The Morgan fingerprint density at radius 1 is 0.367 bits per heavy atom. The van der Waals surface area contributed by atoms with E-state index < -0.39 is 0 Å². The third kappa shape index (κ3) is 4.76. The molecule has 0 fully saturated rings. The van der Waals surface area contributed by atoms with Crippen LogP contribution in [0.1, 0.15) is 49.9 Å². The van der Waals surface area contributed by atoms with Gasteiger partial charge in [-0.05, 0) is 86.3 Å². The van der Waals surface area contributed by atoms with Crippen LogP contribution in [-0.4, -0.2) is 4.57 Å². The van der Waals surface area contributed by atoms with Gasteiger partial charge in [-0.15, -0.1) is 0 Å². The molecule has 9 aromatic carbocycles. The summed E-state index contributed by atoms with van der Waals surface area (Å²) in [6.45, 7) is 9.53. The lowest BCUT2D eigenvalue weighted by molar-refractivity contribution is 0.660. The highest BCUT2D eigenvalue weighted by atomic mass is 15.2. The van der Waals surface area contributed by atoms with Gasteiger partial charge < -0.3 is 9.47 Å². The predicted octanol–water partition coefficient (Wildman–Crippen LogP) is 15.7. The number of para-hydroxylation sites is 2. The van der Waals surface area contributed by atoms with E-state index >= 15 is 0 Å². The Morgan fingerprint density at radius 2 is 0.817 bits per heavy atom. The second-order valence-corrected chi connectivity index (χ2v) is 17.7. The molecular weight excluding hydrogens is 725 g/mol. The van der Waals surface area contributed by atoms with Crippen molar-refractivity contribution in [3.05, 3.63) is 216 Å². The smallest absolute Gasteiger partial charge is 0.0561 e. The normalized spacial score (nSPS) is 14.3. The Balaban J connectivity index is 1.26. The monoisotopic (exact) mass is 768 g/mol. The second kappa shape index (κ2) is 12.7. The highest BCUT2D eigenvalue weighted by Gasteiger charge is 2.41. The van der Waals surface area contributed by atoms with Crippen molar-refractivity contribution in [1.82, 2.24) is 4.57 Å². The van der Waals surface area contributed by atoms with Gasteiger partial charge in [-0.3, -0.25) is 0 Å². The maximum atomic E-state index is 2.60. The Labute approximate surface area is 351 Å². The molecule has 12 rings (SSSR count). The highest BCUT2D eigenvalue weighted by Crippen LogP contribution is 2.58. The van der Waals surface area contributed by atoms with Crippen molar-refractivity contribution in [1.29, 1.82) is 0 Å². The van der Waals surface area contributed by atoms with E-state index in [1.165, 1.54) is 99.6 Å². The first-order valence-corrected chi connectivity index (χ1v) is 21.2. The average Bonchev–Trinajstić information content (AvgIpc) is 3.84. The van der Waals surface area contributed by atoms with Gasteiger partial charge in [0.25, 0.3) is 0 Å². The van der Waals surface area contributed by atoms with E-state index in [9.17, 15) is 0 Å². The Kier molecular flexibility index (Phi) is 7.36. The molecule has 0 radical (unpaired) electrons. The first kappa shape index (κ1) is 34.8. The van der Waals surface area contributed by atoms with Crippen molar-refractivity contribution in [2.45, 2.75) is 38.5 Å². The summed E-state index contributed by atoms with van der Waals surface area (Å²) in [4.78, 5) is 2.60. The standard InChI is InChI=1S/C58H44N2/c1-57(2)46-27-12-8-23-43(46)55-48(57)29-17-33-52(55)59(53-34-18-30-49-56(53)44-24-9-13-28-47(44)58(49,3)4)38-35-45-39(37-19-6-5-7-20-37)25-16-26-42(45)54(36-38)60-50-31-14-10-21-40(50)41-22-11-15-32-51(41)60/h5-36H,1-4H3. The zero-order valence-corrected chi connectivity index (χ0v) is 34.4. The zero-order valence-electron chi connectivity index (χ0n) is 34.4. The van der Waals surface area contributed by atoms with Gasteiger partial charge in [0.15, 0.2) is 0 Å². The van der Waals surface area contributed by atoms with E-state index in [1.54, 1.807) is 0 Å². The lowest BCUT2D eigenvalue weighted by Crippen LogP contribution is -2.17. The predicted molar refractivity (Wildman–Crippen MR) is 254 cm³/mol. The minimum absolute atomic E-state index is 0.154. The van der Waals surface area contributed by atoms with Crippen LogP contribution >= 0.6 is 0 Å². The second-order valence-electron chi connectivity index (χ2n) is 17.7. The Morgan fingerprint density at radius 3 is 1.40 bits per heavy atom. The van der Waals surface area contributed by atoms with Crippen LogP contribution in [-0.2, 0) is 10.8 Å². The summed E-state index contributed by atoms with van der Waals surface area (Å²) in [5.41, 5.74) is 19.8. The fourth-order valence-electron chi connectivity index (χ4n) is 11.0. The number of aromatic nitrogens is 1. The van der Waals surface area contributed by atoms with Crippen molar-refractivity contribution in [2.24, 2.45) is 0 Å². The molecule has 1 heterocycles. The summed E-state index contributed by atoms with van der Waals surface area (Å²) >= 11 is 0. The molecule has 0 aliphatic heterocycles. The molecule has 0 spiro atoms. The highest BCUT2D eigenvalue weighted by molar-refractivity contribution is 6.13. The largest absolute Gasteiger partial charge is 0.309 e. The van der Waals surface area contributed by atoms with E-state index in [1.807, 2.05) is 0 Å². The van der Waals surface area contributed by atoms with Gasteiger partial charge in [-0.1, -0.05) is 185 Å². The summed E-state index contributed by atoms with van der Waals surface area (Å²) in [6, 6.07) is 72.5. The third-order valence-corrected chi connectivity index (χ3v) is 13.8. The quantitative estimate of drug-likeness (QED) is 0.169. The van der Waals surface area contributed by atoms with Crippen LogP contribution in [0.2, 0.25) is 0 Å². The molecule has 2 aliphatic carbocycles. The number of fused-ring (bicyclic) bond motifs is 10. The Bertz CT molecular complexity index is 3220. The first-order valence-electron chi connectivity index (χ1n) is 21.2. The summed E-state index contributed by atoms with van der Waals surface area (Å²) < 4.78 is 2.51. The summed E-state index contributed by atoms with van der Waals surface area (Å²) in [6.07, 6.45) is 0. The maximum Gasteiger partial charge on any atom is 0.0561 e. The molecule has 0 saturated heterocycles. The van der Waals surface area contributed by atoms with Crippen LogP contribution in [0.15, 0.2) is 194 Å². The van der Waals surface area contributed by atoms with Crippen molar-refractivity contribution in [3.8, 4) is 39.1 Å². The Hall–Kier alpha value is -7.16. The molecule has 0 saturated carbocycles. The molecule has 10 aromatic rings. The molecule has 0 amide bonds. The van der Waals surface area contributed by atoms with Gasteiger partial charge in [0.1, 0.15) is 0 Å². The number of hydrogen-bond donors (Lipinski definition) is 0. The number of anilines is 3. The minimum atomic E-state index is -0.154. The summed E-state index contributed by atoms with van der Waals surface area (Å²) in [5, 5.41) is 4.93. The van der Waals surface area contributed by atoms with E-state index in [2.05, 4.69) is 231 Å². The van der Waals surface area contributed by atoms with Crippen LogP contribution < -0.4 is 4.90 Å². The van der Waals surface area contributed by atoms with Crippen LogP contribution in [0.4, 0.5) is 17.1 Å². The summed E-state index contributed by atoms with van der Waals surface area (Å²) in [7, 11) is 0. The van der Waals surface area contributed by atoms with Gasteiger partial charge in [0.2, 0.25) is 0 Å². The zero-order chi connectivity index (χ0) is 40.3. The molecule has 0 N–H and O–H groups in total. The lowest BCUT2D eigenvalue weighted by atomic mass is 9.82. The summed E-state index contributed by atoms with van der Waals surface area (Å²) in [5.74, 6) is 0. The van der Waals surface area contributed by atoms with E-state index in [4.69, 9.17) is 0 Å². The molecule has 0 atom stereocenters. The molecule has 0 bridgehead atoms. The molecule has 2 aliphatic rings. The van der Waals surface area contributed by atoms with Crippen LogP contribution in [0.3, 0.4) is 0 Å². The minimum Gasteiger partial charge on any atom is -0.309 e. The van der Waals surface area contributed by atoms with E-state index in [0.29, 0.717) is 0 Å². The van der Waals surface area contributed by atoms with Crippen molar-refractivity contribution < 1.29 is 0 Å². The van der Waals surface area contributed by atoms with Crippen molar-refractivity contribution >= 4 is 49.6 Å². The van der Waals surface area contributed by atoms with Gasteiger partial charge >= 0.3 is 0 Å². The molecule has 0 unspecified atom stereocenters. The topological polar surface area (TPSA) is 8.17 Å². The van der Waals surface area contributed by atoms with Crippen molar-refractivity contribution in [2.75, 3.05) is 4.90 Å². The third-order valence-electron chi connectivity index (χ3n) is 13.8. The molecule has 2 heteroatoms. The molecule has 2 nitrogen and oxygen atoms in total. The molecule has 60 heavy (non-hydrogen) atoms. The van der Waals surface area contributed by atoms with Crippen molar-refractivity contribution in [3.63, 3.8) is 0 Å². The average molecular weight is 769 g/mol. The number of benzene rings is 9. The van der Waals surface area contributed by atoms with Crippen LogP contribution in [0.25, 0.3) is 71.6 Å². The first-order chi connectivity index (χ1) is 29.3. The number of rotatable bonds is 5. The van der Waals surface area contributed by atoms with Gasteiger partial charge in [0, 0.05) is 43.8 Å². The SMILES string of the molecule is CC1(C)c2ccccc2-c2c(N(c3cc(-n4c5ccccc5c5ccccc54)c4cccc(-c5ccccc5)c4c3)c3cccc4c3-c3ccccc3C4(C)C)cccc21. The number of nitrogens with zero attached hydrogens (tertiary/aromatic N) is 2. The van der Waals surface area contributed by atoms with E-state index in [0.717, 1.165) is 11.4 Å². The van der Waals surface area contributed by atoms with Gasteiger partial charge in [-0.2, -0.15) is 0 Å². The fraction of sp³-hybridized carbons (Fsp3) is 0.103. The number of hydrogen-bond acceptors (Lipinski definition) is 1. The van der Waals surface area contributed by atoms with Gasteiger partial charge in [0.05, 0.1) is 28.1 Å². The van der Waals surface area contributed by atoms with Crippen LogP contribution in [0, 0.1) is 0 Å². The molecular formula is C58H44N2. The maximum absolute atomic E-state index is 2.60. The van der Waals surface area contributed by atoms with Gasteiger partial charge in [-0.25, -0.2) is 0 Å². The van der Waals surface area contributed by atoms with Crippen LogP contribution in [0.5, 0.6) is 0 Å². The molecule has 1 aromatic heterocycles. The fourth-order valence-corrected chi connectivity index (χ4v) is 11.0. The molecule has 286 valence electrons.